The Morgan fingerprint density at radius 1 is 1.24 bits per heavy atom. The topological polar surface area (TPSA) is 61.9 Å². The van der Waals surface area contributed by atoms with Crippen LogP contribution in [0.2, 0.25) is 0 Å². The Labute approximate surface area is 154 Å². The van der Waals surface area contributed by atoms with Gasteiger partial charge in [0.15, 0.2) is 10.1 Å². The highest BCUT2D eigenvalue weighted by molar-refractivity contribution is 8.02. The molecule has 3 aromatic rings. The summed E-state index contributed by atoms with van der Waals surface area (Å²) in [7, 11) is 0. The summed E-state index contributed by atoms with van der Waals surface area (Å²) in [6, 6.07) is 7.89. The molecular formula is C18H20N4OS2. The smallest absolute Gasteiger partial charge is 0.209 e. The maximum Gasteiger partial charge on any atom is 0.209 e. The first-order chi connectivity index (χ1) is 12.2. The van der Waals surface area contributed by atoms with Gasteiger partial charge in [-0.15, -0.1) is 10.2 Å². The Kier molecular flexibility index (Phi) is 4.76. The largest absolute Gasteiger partial charge is 0.360 e. The number of H-pyrrole nitrogens is 1. The number of hydrogen-bond donors (Lipinski definition) is 1. The predicted octanol–water partition coefficient (Wildman–Crippen LogP) is 4.37. The first-order valence-corrected chi connectivity index (χ1v) is 10.3. The molecule has 0 saturated carbocycles. The molecule has 130 valence electrons. The third kappa shape index (κ3) is 3.43. The fourth-order valence-corrected chi connectivity index (χ4v) is 5.27. The number of anilines is 1. The number of fused-ring (bicyclic) bond motifs is 1. The molecule has 1 saturated heterocycles. The van der Waals surface area contributed by atoms with Crippen LogP contribution < -0.4 is 4.90 Å². The lowest BCUT2D eigenvalue weighted by atomic mass is 10.1. The fourth-order valence-electron chi connectivity index (χ4n) is 3.16. The second kappa shape index (κ2) is 7.17. The molecule has 0 aliphatic carbocycles. The van der Waals surface area contributed by atoms with Crippen LogP contribution in [0.3, 0.4) is 0 Å². The van der Waals surface area contributed by atoms with E-state index in [0.717, 1.165) is 39.0 Å². The van der Waals surface area contributed by atoms with E-state index in [-0.39, 0.29) is 11.0 Å². The van der Waals surface area contributed by atoms with Crippen molar-refractivity contribution in [3.63, 3.8) is 0 Å². The van der Waals surface area contributed by atoms with Gasteiger partial charge in [0.1, 0.15) is 0 Å². The van der Waals surface area contributed by atoms with Crippen molar-refractivity contribution in [2.24, 2.45) is 0 Å². The summed E-state index contributed by atoms with van der Waals surface area (Å²) in [5.41, 5.74) is 1.74. The SMILES string of the molecule is CC(Sc1nnc(N2CCCCC2)s1)C(=O)c1c[nH]c2ccccc12. The normalized spacial score (nSPS) is 16.3. The van der Waals surface area contributed by atoms with E-state index in [0.29, 0.717) is 0 Å². The van der Waals surface area contributed by atoms with Crippen LogP contribution in [0.25, 0.3) is 10.9 Å². The van der Waals surface area contributed by atoms with Crippen molar-refractivity contribution in [2.45, 2.75) is 35.8 Å². The Balaban J connectivity index is 1.47. The Hall–Kier alpha value is -1.86. The molecule has 1 aliphatic rings. The number of para-hydroxylation sites is 1. The number of carbonyl (C=O) groups is 1. The third-order valence-electron chi connectivity index (χ3n) is 4.52. The highest BCUT2D eigenvalue weighted by Gasteiger charge is 2.22. The van der Waals surface area contributed by atoms with E-state index >= 15 is 0 Å². The number of hydrogen-bond acceptors (Lipinski definition) is 6. The molecule has 0 amide bonds. The molecule has 5 nitrogen and oxygen atoms in total. The number of aromatic nitrogens is 3. The monoisotopic (exact) mass is 372 g/mol. The van der Waals surface area contributed by atoms with Crippen molar-refractivity contribution >= 4 is 44.9 Å². The van der Waals surface area contributed by atoms with E-state index < -0.39 is 0 Å². The van der Waals surface area contributed by atoms with Gasteiger partial charge in [-0.25, -0.2) is 0 Å². The molecule has 2 aromatic heterocycles. The summed E-state index contributed by atoms with van der Waals surface area (Å²) >= 11 is 3.09. The molecule has 1 fully saturated rings. The Morgan fingerprint density at radius 2 is 2.04 bits per heavy atom. The van der Waals surface area contributed by atoms with Crippen LogP contribution in [0, 0.1) is 0 Å². The van der Waals surface area contributed by atoms with Crippen LogP contribution in [0.4, 0.5) is 5.13 Å². The zero-order valence-corrected chi connectivity index (χ0v) is 15.7. The molecule has 3 heterocycles. The second-order valence-electron chi connectivity index (χ2n) is 6.27. The number of thioether (sulfide) groups is 1. The lowest BCUT2D eigenvalue weighted by molar-refractivity contribution is 0.0995. The minimum absolute atomic E-state index is 0.122. The summed E-state index contributed by atoms with van der Waals surface area (Å²) in [6.07, 6.45) is 5.55. The van der Waals surface area contributed by atoms with Crippen molar-refractivity contribution in [1.29, 1.82) is 0 Å². The molecule has 1 aliphatic heterocycles. The van der Waals surface area contributed by atoms with Gasteiger partial charge < -0.3 is 9.88 Å². The van der Waals surface area contributed by atoms with Crippen LogP contribution in [0.1, 0.15) is 36.5 Å². The molecule has 1 unspecified atom stereocenters. The molecule has 25 heavy (non-hydrogen) atoms. The molecule has 1 aromatic carbocycles. The summed E-state index contributed by atoms with van der Waals surface area (Å²) in [5.74, 6) is 0.122. The van der Waals surface area contributed by atoms with Crippen molar-refractivity contribution in [3.05, 3.63) is 36.0 Å². The number of nitrogens with zero attached hydrogens (tertiary/aromatic N) is 3. The first-order valence-electron chi connectivity index (χ1n) is 8.58. The van der Waals surface area contributed by atoms with Crippen LogP contribution in [-0.4, -0.2) is 39.3 Å². The van der Waals surface area contributed by atoms with Crippen molar-refractivity contribution in [1.82, 2.24) is 15.2 Å². The van der Waals surface area contributed by atoms with E-state index in [9.17, 15) is 4.79 Å². The summed E-state index contributed by atoms with van der Waals surface area (Å²) in [4.78, 5) is 18.3. The van der Waals surface area contributed by atoms with E-state index in [2.05, 4.69) is 20.1 Å². The summed E-state index contributed by atoms with van der Waals surface area (Å²) in [5, 5.41) is 10.4. The zero-order chi connectivity index (χ0) is 17.2. The van der Waals surface area contributed by atoms with Crippen LogP contribution >= 0.6 is 23.1 Å². The minimum atomic E-state index is -0.193. The molecule has 0 radical (unpaired) electrons. The van der Waals surface area contributed by atoms with Gasteiger partial charge in [-0.05, 0) is 32.3 Å². The average molecular weight is 373 g/mol. The van der Waals surface area contributed by atoms with Crippen molar-refractivity contribution < 1.29 is 4.79 Å². The minimum Gasteiger partial charge on any atom is -0.360 e. The number of rotatable bonds is 5. The average Bonchev–Trinajstić information content (AvgIpc) is 3.29. The predicted molar refractivity (Wildman–Crippen MR) is 104 cm³/mol. The fraction of sp³-hybridized carbons (Fsp3) is 0.389. The maximum atomic E-state index is 12.8. The number of piperidine rings is 1. The highest BCUT2D eigenvalue weighted by atomic mass is 32.2. The number of Topliss-reactive ketones (excluding diaryl/α,β-unsaturated/α-hetero) is 1. The molecule has 0 bridgehead atoms. The van der Waals surface area contributed by atoms with E-state index in [4.69, 9.17) is 0 Å². The van der Waals surface area contributed by atoms with Gasteiger partial charge in [-0.1, -0.05) is 41.3 Å². The number of aromatic amines is 1. The van der Waals surface area contributed by atoms with Crippen LogP contribution in [-0.2, 0) is 0 Å². The molecule has 1 atom stereocenters. The second-order valence-corrected chi connectivity index (χ2v) is 8.81. The van der Waals surface area contributed by atoms with Crippen molar-refractivity contribution in [2.75, 3.05) is 18.0 Å². The van der Waals surface area contributed by atoms with Gasteiger partial charge in [0.25, 0.3) is 0 Å². The van der Waals surface area contributed by atoms with Gasteiger partial charge in [-0.3, -0.25) is 4.79 Å². The van der Waals surface area contributed by atoms with Crippen LogP contribution in [0.15, 0.2) is 34.8 Å². The van der Waals surface area contributed by atoms with Crippen molar-refractivity contribution in [3.8, 4) is 0 Å². The standard InChI is InChI=1S/C18H20N4OS2/c1-12(16(23)14-11-19-15-8-4-3-7-13(14)15)24-18-21-20-17(25-18)22-9-5-2-6-10-22/h3-4,7-8,11-12,19H,2,5-6,9-10H2,1H3. The molecular weight excluding hydrogens is 352 g/mol. The zero-order valence-electron chi connectivity index (χ0n) is 14.1. The molecule has 0 spiro atoms. The van der Waals surface area contributed by atoms with Gasteiger partial charge in [0.05, 0.1) is 5.25 Å². The maximum absolute atomic E-state index is 12.8. The van der Waals surface area contributed by atoms with Gasteiger partial charge >= 0.3 is 0 Å². The quantitative estimate of drug-likeness (QED) is 0.532. The number of carbonyl (C=O) groups excluding carboxylic acids is 1. The number of benzene rings is 1. The molecule has 7 heteroatoms. The van der Waals surface area contributed by atoms with Gasteiger partial charge in [0.2, 0.25) is 5.13 Å². The van der Waals surface area contributed by atoms with Crippen LogP contribution in [0.5, 0.6) is 0 Å². The number of ketones is 1. The lowest BCUT2D eigenvalue weighted by Crippen LogP contribution is -2.29. The highest BCUT2D eigenvalue weighted by Crippen LogP contribution is 2.33. The van der Waals surface area contributed by atoms with Gasteiger partial charge in [-0.2, -0.15) is 0 Å². The molecule has 4 rings (SSSR count). The first kappa shape index (κ1) is 16.6. The van der Waals surface area contributed by atoms with Gasteiger partial charge in [0, 0.05) is 35.8 Å². The van der Waals surface area contributed by atoms with E-state index in [1.807, 2.05) is 37.4 Å². The third-order valence-corrected chi connectivity index (χ3v) is 6.69. The summed E-state index contributed by atoms with van der Waals surface area (Å²) < 4.78 is 0.862. The summed E-state index contributed by atoms with van der Waals surface area (Å²) in [6.45, 7) is 4.06. The Bertz CT molecular complexity index is 882. The number of nitrogens with one attached hydrogen (secondary N) is 1. The van der Waals surface area contributed by atoms with E-state index in [1.165, 1.54) is 31.0 Å². The Morgan fingerprint density at radius 3 is 2.88 bits per heavy atom. The van der Waals surface area contributed by atoms with E-state index in [1.54, 1.807) is 11.3 Å². The lowest BCUT2D eigenvalue weighted by Gasteiger charge is -2.25. The molecule has 1 N–H and O–H groups in total.